The zero-order valence-corrected chi connectivity index (χ0v) is 10.8. The molecule has 0 spiro atoms. The Labute approximate surface area is 103 Å². The maximum atomic E-state index is 4.09. The van der Waals surface area contributed by atoms with Crippen LogP contribution in [0.2, 0.25) is 0 Å². The highest BCUT2D eigenvalue weighted by Crippen LogP contribution is 2.18. The number of hydrogen-bond donors (Lipinski definition) is 1. The molecule has 0 radical (unpaired) electrons. The Hall–Kier alpha value is -1.20. The van der Waals surface area contributed by atoms with Gasteiger partial charge in [-0.3, -0.25) is 0 Å². The van der Waals surface area contributed by atoms with Crippen LogP contribution in [-0.4, -0.2) is 22.0 Å². The molecule has 0 saturated carbocycles. The SMILES string of the molecule is CNCc1cnnn1-c1cc(C)cc(Br)c1. The summed E-state index contributed by atoms with van der Waals surface area (Å²) < 4.78 is 2.89. The van der Waals surface area contributed by atoms with Gasteiger partial charge in [0.2, 0.25) is 0 Å². The molecule has 2 aromatic rings. The van der Waals surface area contributed by atoms with Crippen LogP contribution in [0.5, 0.6) is 0 Å². The molecular weight excluding hydrogens is 268 g/mol. The van der Waals surface area contributed by atoms with Crippen LogP contribution in [0, 0.1) is 6.92 Å². The minimum absolute atomic E-state index is 0.749. The first-order chi connectivity index (χ1) is 7.70. The van der Waals surface area contributed by atoms with Gasteiger partial charge in [-0.2, -0.15) is 0 Å². The molecular formula is C11H13BrN4. The van der Waals surface area contributed by atoms with Crippen LogP contribution in [0.4, 0.5) is 0 Å². The molecule has 1 heterocycles. The van der Waals surface area contributed by atoms with Gasteiger partial charge in [0.1, 0.15) is 0 Å². The molecule has 1 N–H and O–H groups in total. The zero-order chi connectivity index (χ0) is 11.5. The predicted octanol–water partition coefficient (Wildman–Crippen LogP) is 2.06. The highest BCUT2D eigenvalue weighted by atomic mass is 79.9. The third-order valence-electron chi connectivity index (χ3n) is 2.25. The van der Waals surface area contributed by atoms with Crippen molar-refractivity contribution in [2.45, 2.75) is 13.5 Å². The number of hydrogen-bond acceptors (Lipinski definition) is 3. The number of nitrogens with one attached hydrogen (secondary N) is 1. The standard InChI is InChI=1S/C11H13BrN4/c1-8-3-9(12)5-10(4-8)16-11(6-13-2)7-14-15-16/h3-5,7,13H,6H2,1-2H3. The second kappa shape index (κ2) is 4.76. The van der Waals surface area contributed by atoms with Gasteiger partial charge in [-0.25, -0.2) is 4.68 Å². The molecule has 0 atom stereocenters. The summed E-state index contributed by atoms with van der Waals surface area (Å²) in [5.74, 6) is 0. The van der Waals surface area contributed by atoms with Crippen LogP contribution in [0.15, 0.2) is 28.9 Å². The molecule has 2 rings (SSSR count). The molecule has 0 fully saturated rings. The topological polar surface area (TPSA) is 42.7 Å². The van der Waals surface area contributed by atoms with E-state index >= 15 is 0 Å². The first-order valence-electron chi connectivity index (χ1n) is 5.02. The van der Waals surface area contributed by atoms with Crippen molar-refractivity contribution >= 4 is 15.9 Å². The summed E-state index contributed by atoms with van der Waals surface area (Å²) in [5, 5.41) is 11.1. The summed E-state index contributed by atoms with van der Waals surface area (Å²) in [5.41, 5.74) is 3.25. The molecule has 5 heteroatoms. The first kappa shape index (κ1) is 11.3. The molecule has 1 aromatic carbocycles. The van der Waals surface area contributed by atoms with E-state index in [9.17, 15) is 0 Å². The fourth-order valence-corrected chi connectivity index (χ4v) is 2.21. The average molecular weight is 281 g/mol. The third-order valence-corrected chi connectivity index (χ3v) is 2.71. The summed E-state index contributed by atoms with van der Waals surface area (Å²) in [7, 11) is 1.91. The minimum Gasteiger partial charge on any atom is -0.314 e. The van der Waals surface area contributed by atoms with Gasteiger partial charge < -0.3 is 5.32 Å². The number of aryl methyl sites for hydroxylation is 1. The molecule has 0 amide bonds. The summed E-state index contributed by atoms with van der Waals surface area (Å²) >= 11 is 3.48. The van der Waals surface area contributed by atoms with Crippen molar-refractivity contribution in [2.24, 2.45) is 0 Å². The highest BCUT2D eigenvalue weighted by molar-refractivity contribution is 9.10. The Balaban J connectivity index is 2.45. The van der Waals surface area contributed by atoms with Crippen molar-refractivity contribution < 1.29 is 0 Å². The van der Waals surface area contributed by atoms with Gasteiger partial charge in [0.05, 0.1) is 17.6 Å². The highest BCUT2D eigenvalue weighted by Gasteiger charge is 2.06. The summed E-state index contributed by atoms with van der Waals surface area (Å²) in [6.07, 6.45) is 1.77. The van der Waals surface area contributed by atoms with Gasteiger partial charge in [0.25, 0.3) is 0 Å². The monoisotopic (exact) mass is 280 g/mol. The number of rotatable bonds is 3. The van der Waals surface area contributed by atoms with Crippen molar-refractivity contribution in [1.29, 1.82) is 0 Å². The van der Waals surface area contributed by atoms with E-state index in [-0.39, 0.29) is 0 Å². The van der Waals surface area contributed by atoms with E-state index in [2.05, 4.69) is 50.6 Å². The van der Waals surface area contributed by atoms with E-state index in [0.717, 1.165) is 22.4 Å². The van der Waals surface area contributed by atoms with Crippen LogP contribution in [0.1, 0.15) is 11.3 Å². The van der Waals surface area contributed by atoms with E-state index < -0.39 is 0 Å². The molecule has 0 aliphatic heterocycles. The van der Waals surface area contributed by atoms with Crippen LogP contribution in [-0.2, 0) is 6.54 Å². The fraction of sp³-hybridized carbons (Fsp3) is 0.273. The maximum Gasteiger partial charge on any atom is 0.0783 e. The first-order valence-corrected chi connectivity index (χ1v) is 5.82. The molecule has 4 nitrogen and oxygen atoms in total. The molecule has 0 saturated heterocycles. The lowest BCUT2D eigenvalue weighted by molar-refractivity contribution is 0.713. The average Bonchev–Trinajstić information content (AvgIpc) is 2.65. The Bertz CT molecular complexity index is 472. The van der Waals surface area contributed by atoms with E-state index in [1.807, 2.05) is 17.8 Å². The number of benzene rings is 1. The number of aromatic nitrogens is 3. The van der Waals surface area contributed by atoms with Crippen molar-refractivity contribution in [1.82, 2.24) is 20.3 Å². The maximum absolute atomic E-state index is 4.09. The van der Waals surface area contributed by atoms with Gasteiger partial charge >= 0.3 is 0 Å². The lowest BCUT2D eigenvalue weighted by Gasteiger charge is -2.07. The van der Waals surface area contributed by atoms with Gasteiger partial charge in [-0.1, -0.05) is 21.1 Å². The zero-order valence-electron chi connectivity index (χ0n) is 9.24. The smallest absolute Gasteiger partial charge is 0.0783 e. The van der Waals surface area contributed by atoms with Gasteiger partial charge in [-0.15, -0.1) is 5.10 Å². The van der Waals surface area contributed by atoms with Crippen molar-refractivity contribution in [3.8, 4) is 5.69 Å². The van der Waals surface area contributed by atoms with E-state index in [1.54, 1.807) is 6.20 Å². The Morgan fingerprint density at radius 2 is 2.19 bits per heavy atom. The Morgan fingerprint density at radius 1 is 1.38 bits per heavy atom. The molecule has 84 valence electrons. The predicted molar refractivity (Wildman–Crippen MR) is 66.6 cm³/mol. The van der Waals surface area contributed by atoms with Crippen molar-refractivity contribution in [2.75, 3.05) is 7.05 Å². The van der Waals surface area contributed by atoms with Crippen molar-refractivity contribution in [3.05, 3.63) is 40.1 Å². The normalized spacial score (nSPS) is 10.7. The van der Waals surface area contributed by atoms with Crippen LogP contribution in [0.3, 0.4) is 0 Å². The molecule has 0 bridgehead atoms. The molecule has 1 aromatic heterocycles. The molecule has 0 aliphatic rings. The summed E-state index contributed by atoms with van der Waals surface area (Å²) in [4.78, 5) is 0. The lowest BCUT2D eigenvalue weighted by Crippen LogP contribution is -2.11. The molecule has 16 heavy (non-hydrogen) atoms. The van der Waals surface area contributed by atoms with Crippen LogP contribution < -0.4 is 5.32 Å². The second-order valence-electron chi connectivity index (χ2n) is 3.65. The lowest BCUT2D eigenvalue weighted by atomic mass is 10.2. The minimum atomic E-state index is 0.749. The van der Waals surface area contributed by atoms with E-state index in [1.165, 1.54) is 5.56 Å². The number of halogens is 1. The van der Waals surface area contributed by atoms with Crippen LogP contribution in [0.25, 0.3) is 5.69 Å². The van der Waals surface area contributed by atoms with Crippen molar-refractivity contribution in [3.63, 3.8) is 0 Å². The van der Waals surface area contributed by atoms with Gasteiger partial charge in [-0.05, 0) is 37.7 Å². The quantitative estimate of drug-likeness (QED) is 0.936. The van der Waals surface area contributed by atoms with E-state index in [4.69, 9.17) is 0 Å². The fourth-order valence-electron chi connectivity index (χ4n) is 1.61. The number of nitrogens with zero attached hydrogens (tertiary/aromatic N) is 3. The van der Waals surface area contributed by atoms with Crippen LogP contribution >= 0.6 is 15.9 Å². The molecule has 0 aliphatic carbocycles. The third kappa shape index (κ3) is 2.31. The Morgan fingerprint density at radius 3 is 2.88 bits per heavy atom. The largest absolute Gasteiger partial charge is 0.314 e. The second-order valence-corrected chi connectivity index (χ2v) is 4.57. The van der Waals surface area contributed by atoms with Gasteiger partial charge in [0, 0.05) is 11.0 Å². The Kier molecular flexibility index (Phi) is 3.36. The summed E-state index contributed by atoms with van der Waals surface area (Å²) in [6, 6.07) is 6.18. The molecule has 0 unspecified atom stereocenters. The van der Waals surface area contributed by atoms with E-state index in [0.29, 0.717) is 0 Å². The van der Waals surface area contributed by atoms with Gasteiger partial charge in [0.15, 0.2) is 0 Å². The summed E-state index contributed by atoms with van der Waals surface area (Å²) in [6.45, 7) is 2.81.